The largest absolute Gasteiger partial charge is 0.383 e. The van der Waals surface area contributed by atoms with Crippen molar-refractivity contribution in [1.29, 1.82) is 0 Å². The maximum Gasteiger partial charge on any atom is 0.264 e. The van der Waals surface area contributed by atoms with Gasteiger partial charge in [0.25, 0.3) is 15.9 Å². The van der Waals surface area contributed by atoms with Crippen LogP contribution < -0.4 is 27.2 Å². The third-order valence-electron chi connectivity index (χ3n) is 5.65. The van der Waals surface area contributed by atoms with E-state index in [0.717, 1.165) is 12.8 Å². The molecule has 11 heteroatoms. The molecule has 0 unspecified atom stereocenters. The number of rotatable bonds is 10. The van der Waals surface area contributed by atoms with E-state index >= 15 is 0 Å². The number of nitrogens with zero attached hydrogens (tertiary/aromatic N) is 1. The first-order valence-electron chi connectivity index (χ1n) is 10.9. The van der Waals surface area contributed by atoms with Crippen LogP contribution in [0.25, 0.3) is 0 Å². The molecule has 1 aliphatic carbocycles. The Bertz CT molecular complexity index is 1190. The lowest BCUT2D eigenvalue weighted by Gasteiger charge is -2.12. The van der Waals surface area contributed by atoms with E-state index in [1.165, 1.54) is 18.2 Å². The molecule has 2 aromatic carbocycles. The molecule has 0 radical (unpaired) electrons. The summed E-state index contributed by atoms with van der Waals surface area (Å²) in [5, 5.41) is 2.83. The number of amides is 2. The number of anilines is 2. The van der Waals surface area contributed by atoms with Gasteiger partial charge in [-0.05, 0) is 68.6 Å². The minimum atomic E-state index is -3.95. The number of hydrogen-bond donors (Lipinski definition) is 5. The Morgan fingerprint density at radius 2 is 1.76 bits per heavy atom. The molecular weight excluding hydrogens is 456 g/mol. The number of amidine groups is 1. The second-order valence-corrected chi connectivity index (χ2v) is 10.3. The van der Waals surface area contributed by atoms with Crippen LogP contribution >= 0.6 is 0 Å². The standard InChI is InChI=1S/C23H30N6O4S/c1-23(11-12-23)22(31)27-16-7-9-17(10-8-16)29-34(32,33)18-5-2-4-15(14-18)20(26)28-21(30)19(25)6-3-13-24/h2,4-5,7-10,14,19,29H,3,6,11-13,24-25H2,1H3,(H,27,31)(H2,26,28,30)/t19-/m0/s1. The van der Waals surface area contributed by atoms with Crippen LogP contribution in [0.2, 0.25) is 0 Å². The summed E-state index contributed by atoms with van der Waals surface area (Å²) >= 11 is 0. The van der Waals surface area contributed by atoms with Crippen LogP contribution in [0, 0.1) is 5.41 Å². The third-order valence-corrected chi connectivity index (χ3v) is 7.03. The lowest BCUT2D eigenvalue weighted by molar-refractivity contribution is -0.120. The quantitative estimate of drug-likeness (QED) is 0.249. The van der Waals surface area contributed by atoms with Gasteiger partial charge in [0.15, 0.2) is 0 Å². The van der Waals surface area contributed by atoms with Gasteiger partial charge in [-0.1, -0.05) is 19.1 Å². The third kappa shape index (κ3) is 6.40. The van der Waals surface area contributed by atoms with E-state index in [9.17, 15) is 18.0 Å². The van der Waals surface area contributed by atoms with E-state index in [-0.39, 0.29) is 27.6 Å². The second kappa shape index (κ2) is 10.3. The first-order valence-corrected chi connectivity index (χ1v) is 12.4. The molecule has 0 spiro atoms. The fourth-order valence-corrected chi connectivity index (χ4v) is 4.19. The van der Waals surface area contributed by atoms with Crippen molar-refractivity contribution in [3.8, 4) is 0 Å². The summed E-state index contributed by atoms with van der Waals surface area (Å²) in [6.07, 6.45) is 2.68. The molecule has 1 saturated carbocycles. The zero-order chi connectivity index (χ0) is 24.9. The highest BCUT2D eigenvalue weighted by Gasteiger charge is 2.44. The molecule has 1 fully saturated rings. The lowest BCUT2D eigenvalue weighted by Crippen LogP contribution is -2.31. The van der Waals surface area contributed by atoms with Crippen molar-refractivity contribution >= 4 is 39.0 Å². The maximum atomic E-state index is 12.9. The average molecular weight is 487 g/mol. The van der Waals surface area contributed by atoms with E-state index in [1.54, 1.807) is 30.3 Å². The van der Waals surface area contributed by atoms with Gasteiger partial charge in [-0.15, -0.1) is 0 Å². The predicted octanol–water partition coefficient (Wildman–Crippen LogP) is 1.52. The molecule has 0 aromatic heterocycles. The average Bonchev–Trinajstić information content (AvgIpc) is 3.57. The molecule has 0 heterocycles. The van der Waals surface area contributed by atoms with Crippen molar-refractivity contribution in [2.45, 2.75) is 43.5 Å². The van der Waals surface area contributed by atoms with Gasteiger partial charge in [0.1, 0.15) is 5.84 Å². The normalized spacial score (nSPS) is 15.9. The van der Waals surface area contributed by atoms with Gasteiger partial charge in [0.2, 0.25) is 5.91 Å². The first kappa shape index (κ1) is 25.3. The van der Waals surface area contributed by atoms with Gasteiger partial charge in [-0.25, -0.2) is 8.42 Å². The molecule has 2 amide bonds. The van der Waals surface area contributed by atoms with E-state index in [1.807, 2.05) is 6.92 Å². The fraction of sp³-hybridized carbons (Fsp3) is 0.348. The van der Waals surface area contributed by atoms with Gasteiger partial charge in [0, 0.05) is 22.4 Å². The van der Waals surface area contributed by atoms with Crippen molar-refractivity contribution in [1.82, 2.24) is 0 Å². The van der Waals surface area contributed by atoms with Gasteiger partial charge in [0.05, 0.1) is 10.9 Å². The molecule has 182 valence electrons. The van der Waals surface area contributed by atoms with Crippen molar-refractivity contribution in [3.05, 3.63) is 54.1 Å². The van der Waals surface area contributed by atoms with Crippen molar-refractivity contribution in [2.75, 3.05) is 16.6 Å². The summed E-state index contributed by atoms with van der Waals surface area (Å²) in [4.78, 5) is 28.0. The number of benzene rings is 2. The zero-order valence-corrected chi connectivity index (χ0v) is 19.8. The topological polar surface area (TPSA) is 183 Å². The van der Waals surface area contributed by atoms with Crippen molar-refractivity contribution in [2.24, 2.45) is 27.6 Å². The molecule has 10 nitrogen and oxygen atoms in total. The predicted molar refractivity (Wildman–Crippen MR) is 132 cm³/mol. The minimum Gasteiger partial charge on any atom is -0.383 e. The fourth-order valence-electron chi connectivity index (χ4n) is 3.08. The summed E-state index contributed by atoms with van der Waals surface area (Å²) in [5.41, 5.74) is 18.0. The number of carbonyl (C=O) groups is 2. The first-order chi connectivity index (χ1) is 16.0. The number of sulfonamides is 1. The van der Waals surface area contributed by atoms with Crippen LogP contribution in [0.15, 0.2) is 58.4 Å². The van der Waals surface area contributed by atoms with E-state index in [2.05, 4.69) is 15.0 Å². The Morgan fingerprint density at radius 1 is 1.12 bits per heavy atom. The van der Waals surface area contributed by atoms with E-state index in [4.69, 9.17) is 17.2 Å². The minimum absolute atomic E-state index is 0.0456. The Morgan fingerprint density at radius 3 is 2.38 bits per heavy atom. The van der Waals surface area contributed by atoms with E-state index in [0.29, 0.717) is 30.8 Å². The molecule has 1 atom stereocenters. The Labute approximate surface area is 199 Å². The van der Waals surface area contributed by atoms with Crippen LogP contribution in [0.3, 0.4) is 0 Å². The second-order valence-electron chi connectivity index (χ2n) is 8.60. The van der Waals surface area contributed by atoms with Gasteiger partial charge >= 0.3 is 0 Å². The summed E-state index contributed by atoms with van der Waals surface area (Å²) in [6.45, 7) is 2.31. The maximum absolute atomic E-state index is 12.9. The van der Waals surface area contributed by atoms with E-state index < -0.39 is 22.0 Å². The molecule has 0 aliphatic heterocycles. The highest BCUT2D eigenvalue weighted by molar-refractivity contribution is 7.92. The molecule has 1 aliphatic rings. The molecule has 2 aromatic rings. The SMILES string of the molecule is CC1(C(=O)Nc2ccc(NS(=O)(=O)c3cccc(C(N)=NC(=O)[C@@H](N)CCCN)c3)cc2)CC1. The Kier molecular flexibility index (Phi) is 7.70. The number of hydrogen-bond acceptors (Lipinski definition) is 6. The number of aliphatic imine (C=N–C) groups is 1. The molecule has 3 rings (SSSR count). The van der Waals surface area contributed by atoms with Crippen LogP contribution in [-0.4, -0.2) is 38.7 Å². The molecular formula is C23H30N6O4S. The van der Waals surface area contributed by atoms with Crippen LogP contribution in [0.1, 0.15) is 38.2 Å². The van der Waals surface area contributed by atoms with Crippen LogP contribution in [-0.2, 0) is 19.6 Å². The number of nitrogens with two attached hydrogens (primary N) is 3. The summed E-state index contributed by atoms with van der Waals surface area (Å²) in [7, 11) is -3.95. The molecule has 8 N–H and O–H groups in total. The zero-order valence-electron chi connectivity index (χ0n) is 19.0. The summed E-state index contributed by atoms with van der Waals surface area (Å²) in [5.74, 6) is -0.773. The van der Waals surface area contributed by atoms with Crippen LogP contribution in [0.5, 0.6) is 0 Å². The van der Waals surface area contributed by atoms with Gasteiger partial charge < -0.3 is 22.5 Å². The smallest absolute Gasteiger partial charge is 0.264 e. The number of nitrogens with one attached hydrogen (secondary N) is 2. The molecule has 34 heavy (non-hydrogen) atoms. The lowest BCUT2D eigenvalue weighted by atomic mass is 10.1. The monoisotopic (exact) mass is 486 g/mol. The summed E-state index contributed by atoms with van der Waals surface area (Å²) < 4.78 is 28.2. The Hall–Kier alpha value is -3.28. The Balaban J connectivity index is 1.69. The highest BCUT2D eigenvalue weighted by atomic mass is 32.2. The van der Waals surface area contributed by atoms with Gasteiger partial charge in [-0.3, -0.25) is 14.3 Å². The van der Waals surface area contributed by atoms with Crippen molar-refractivity contribution in [3.63, 3.8) is 0 Å². The van der Waals surface area contributed by atoms with Crippen LogP contribution in [0.4, 0.5) is 11.4 Å². The molecule has 0 bridgehead atoms. The van der Waals surface area contributed by atoms with Gasteiger partial charge in [-0.2, -0.15) is 4.99 Å². The highest BCUT2D eigenvalue weighted by Crippen LogP contribution is 2.45. The number of carbonyl (C=O) groups excluding carboxylic acids is 2. The van der Waals surface area contributed by atoms with Crippen molar-refractivity contribution < 1.29 is 18.0 Å². The summed E-state index contributed by atoms with van der Waals surface area (Å²) in [6, 6.07) is 11.3. The molecule has 0 saturated heterocycles.